The molecular weight excluding hydrogens is 481 g/mol. The lowest BCUT2D eigenvalue weighted by molar-refractivity contribution is -0.137. The van der Waals surface area contributed by atoms with Crippen molar-refractivity contribution in [1.82, 2.24) is 10.3 Å². The number of nitrogens with zero attached hydrogens (tertiary/aromatic N) is 2. The third kappa shape index (κ3) is 6.30. The van der Waals surface area contributed by atoms with Crippen molar-refractivity contribution in [2.75, 3.05) is 18.4 Å². The van der Waals surface area contributed by atoms with E-state index in [1.807, 2.05) is 18.2 Å². The van der Waals surface area contributed by atoms with Crippen molar-refractivity contribution in [2.24, 2.45) is 10.9 Å². The zero-order valence-corrected chi connectivity index (χ0v) is 19.5. The summed E-state index contributed by atoms with van der Waals surface area (Å²) in [7, 11) is 0. The molecule has 0 aliphatic carbocycles. The molecule has 2 N–H and O–H groups in total. The van der Waals surface area contributed by atoms with Crippen LogP contribution in [-0.2, 0) is 17.4 Å². The minimum absolute atomic E-state index is 0.0329. The van der Waals surface area contributed by atoms with Crippen LogP contribution in [0.1, 0.15) is 23.7 Å². The summed E-state index contributed by atoms with van der Waals surface area (Å²) in [6.07, 6.45) is -2.60. The number of pyridine rings is 1. The fourth-order valence-corrected chi connectivity index (χ4v) is 3.80. The third-order valence-corrected chi connectivity index (χ3v) is 5.64. The lowest BCUT2D eigenvalue weighted by Gasteiger charge is -2.15. The molecule has 6 nitrogen and oxygen atoms in total. The van der Waals surface area contributed by atoms with Gasteiger partial charge in [-0.25, -0.2) is 0 Å². The Morgan fingerprint density at radius 3 is 2.71 bits per heavy atom. The molecule has 1 aromatic heterocycles. The topological polar surface area (TPSA) is 75.6 Å². The summed E-state index contributed by atoms with van der Waals surface area (Å²) in [6.45, 7) is 3.18. The van der Waals surface area contributed by atoms with Gasteiger partial charge in [0.05, 0.1) is 17.1 Å². The van der Waals surface area contributed by atoms with Gasteiger partial charge in [0, 0.05) is 30.4 Å². The Morgan fingerprint density at radius 1 is 1.17 bits per heavy atom. The second-order valence-electron chi connectivity index (χ2n) is 8.07. The van der Waals surface area contributed by atoms with Crippen molar-refractivity contribution in [3.8, 4) is 11.5 Å². The maximum Gasteiger partial charge on any atom is 0.417 e. The van der Waals surface area contributed by atoms with Crippen LogP contribution in [0.5, 0.6) is 11.5 Å². The Labute approximate surface area is 205 Å². The van der Waals surface area contributed by atoms with Gasteiger partial charge in [-0.05, 0) is 48.4 Å². The standard InChI is InChI=1S/C25H22ClF3N4O2/c1-15(24(34)33-17-5-6-21(26)20(13-17)25(27,28)29)11-16-3-2-4-18(12-16)35-19-7-8-30-22(14-19)23-31-9-10-32-23/h2-8,12-15H,9-11H2,1H3,(H,31,32)(H,33,34). The van der Waals surface area contributed by atoms with Crippen LogP contribution in [0.2, 0.25) is 5.02 Å². The zero-order valence-electron chi connectivity index (χ0n) is 18.7. The van der Waals surface area contributed by atoms with Gasteiger partial charge in [-0.1, -0.05) is 30.7 Å². The second kappa shape index (κ2) is 10.4. The van der Waals surface area contributed by atoms with Crippen molar-refractivity contribution in [3.63, 3.8) is 0 Å². The highest BCUT2D eigenvalue weighted by Gasteiger charge is 2.33. The van der Waals surface area contributed by atoms with E-state index in [0.717, 1.165) is 30.1 Å². The molecule has 2 aromatic carbocycles. The van der Waals surface area contributed by atoms with Crippen LogP contribution in [0.3, 0.4) is 0 Å². The molecule has 1 unspecified atom stereocenters. The number of amides is 1. The lowest BCUT2D eigenvalue weighted by atomic mass is 10.00. The summed E-state index contributed by atoms with van der Waals surface area (Å²) in [5.41, 5.74) is 0.570. The summed E-state index contributed by atoms with van der Waals surface area (Å²) in [4.78, 5) is 21.3. The average Bonchev–Trinajstić information content (AvgIpc) is 3.35. The molecule has 1 amide bonds. The molecule has 1 aliphatic rings. The molecule has 35 heavy (non-hydrogen) atoms. The molecule has 2 heterocycles. The van der Waals surface area contributed by atoms with E-state index in [4.69, 9.17) is 16.3 Å². The van der Waals surface area contributed by atoms with Crippen molar-refractivity contribution in [3.05, 3.63) is 82.6 Å². The smallest absolute Gasteiger partial charge is 0.417 e. The number of benzene rings is 2. The fourth-order valence-electron chi connectivity index (χ4n) is 3.58. The summed E-state index contributed by atoms with van der Waals surface area (Å²) >= 11 is 5.64. The quantitative estimate of drug-likeness (QED) is 0.434. The normalized spacial score (nSPS) is 14.1. The van der Waals surface area contributed by atoms with Crippen LogP contribution in [0.15, 0.2) is 65.8 Å². The minimum Gasteiger partial charge on any atom is -0.457 e. The number of carbonyl (C=O) groups is 1. The number of nitrogens with one attached hydrogen (secondary N) is 2. The minimum atomic E-state index is -4.61. The maximum atomic E-state index is 13.1. The monoisotopic (exact) mass is 502 g/mol. The SMILES string of the molecule is CC(Cc1cccc(Oc2ccnc(C3=NCCN3)c2)c1)C(=O)Nc1ccc(Cl)c(C(F)(F)F)c1. The van der Waals surface area contributed by atoms with Crippen LogP contribution >= 0.6 is 11.6 Å². The second-order valence-corrected chi connectivity index (χ2v) is 8.48. The summed E-state index contributed by atoms with van der Waals surface area (Å²) in [5.74, 6) is 0.996. The third-order valence-electron chi connectivity index (χ3n) is 5.31. The van der Waals surface area contributed by atoms with Gasteiger partial charge >= 0.3 is 6.18 Å². The van der Waals surface area contributed by atoms with E-state index in [2.05, 4.69) is 20.6 Å². The Balaban J connectivity index is 1.40. The summed E-state index contributed by atoms with van der Waals surface area (Å²) < 4.78 is 45.2. The van der Waals surface area contributed by atoms with Crippen LogP contribution in [0.25, 0.3) is 0 Å². The number of ether oxygens (including phenoxy) is 1. The number of halogens is 4. The molecule has 10 heteroatoms. The number of aromatic nitrogens is 1. The zero-order chi connectivity index (χ0) is 25.0. The number of aliphatic imine (C=N–C) groups is 1. The van der Waals surface area contributed by atoms with E-state index in [1.165, 1.54) is 6.07 Å². The Hall–Kier alpha value is -3.59. The van der Waals surface area contributed by atoms with Gasteiger partial charge in [0.25, 0.3) is 0 Å². The van der Waals surface area contributed by atoms with E-state index in [-0.39, 0.29) is 5.69 Å². The molecule has 1 aliphatic heterocycles. The van der Waals surface area contributed by atoms with Crippen molar-refractivity contribution in [2.45, 2.75) is 19.5 Å². The lowest BCUT2D eigenvalue weighted by Crippen LogP contribution is -2.22. The summed E-state index contributed by atoms with van der Waals surface area (Å²) in [5, 5.41) is 5.28. The first kappa shape index (κ1) is 24.5. The number of anilines is 1. The van der Waals surface area contributed by atoms with Crippen LogP contribution in [0.4, 0.5) is 18.9 Å². The number of carbonyl (C=O) groups excluding carboxylic acids is 1. The van der Waals surface area contributed by atoms with E-state index in [1.54, 1.807) is 31.3 Å². The summed E-state index contributed by atoms with van der Waals surface area (Å²) in [6, 6.07) is 14.1. The van der Waals surface area contributed by atoms with Crippen molar-refractivity contribution >= 4 is 29.0 Å². The van der Waals surface area contributed by atoms with Crippen molar-refractivity contribution < 1.29 is 22.7 Å². The molecule has 3 aromatic rings. The molecule has 0 bridgehead atoms. The predicted molar refractivity (Wildman–Crippen MR) is 128 cm³/mol. The first-order chi connectivity index (χ1) is 16.7. The molecule has 0 saturated heterocycles. The highest BCUT2D eigenvalue weighted by atomic mass is 35.5. The predicted octanol–water partition coefficient (Wildman–Crippen LogP) is 5.71. The molecular formula is C25H22ClF3N4O2. The van der Waals surface area contributed by atoms with Gasteiger partial charge in [0.1, 0.15) is 23.0 Å². The van der Waals surface area contributed by atoms with Crippen LogP contribution < -0.4 is 15.4 Å². The van der Waals surface area contributed by atoms with Gasteiger partial charge < -0.3 is 15.4 Å². The molecule has 0 radical (unpaired) electrons. The number of amidine groups is 1. The molecule has 0 saturated carbocycles. The van der Waals surface area contributed by atoms with Gasteiger partial charge in [0.15, 0.2) is 0 Å². The maximum absolute atomic E-state index is 13.1. The van der Waals surface area contributed by atoms with Gasteiger partial charge in [-0.15, -0.1) is 0 Å². The van der Waals surface area contributed by atoms with Gasteiger partial charge in [0.2, 0.25) is 5.91 Å². The molecule has 4 rings (SSSR count). The number of hydrogen-bond acceptors (Lipinski definition) is 5. The van der Waals surface area contributed by atoms with E-state index in [9.17, 15) is 18.0 Å². The Kier molecular flexibility index (Phi) is 7.25. The molecule has 0 spiro atoms. The van der Waals surface area contributed by atoms with E-state index < -0.39 is 28.6 Å². The number of rotatable bonds is 7. The van der Waals surface area contributed by atoms with E-state index >= 15 is 0 Å². The Bertz CT molecular complexity index is 1260. The first-order valence-corrected chi connectivity index (χ1v) is 11.3. The van der Waals surface area contributed by atoms with Crippen LogP contribution in [-0.4, -0.2) is 29.8 Å². The largest absolute Gasteiger partial charge is 0.457 e. The number of alkyl halides is 3. The molecule has 0 fully saturated rings. The van der Waals surface area contributed by atoms with Crippen molar-refractivity contribution in [1.29, 1.82) is 0 Å². The average molecular weight is 503 g/mol. The number of hydrogen-bond donors (Lipinski definition) is 2. The molecule has 1 atom stereocenters. The van der Waals surface area contributed by atoms with Gasteiger partial charge in [-0.2, -0.15) is 13.2 Å². The molecule has 182 valence electrons. The highest BCUT2D eigenvalue weighted by molar-refractivity contribution is 6.31. The van der Waals surface area contributed by atoms with Crippen LogP contribution in [0, 0.1) is 5.92 Å². The first-order valence-electron chi connectivity index (χ1n) is 10.9. The fraction of sp³-hybridized carbons (Fsp3) is 0.240. The van der Waals surface area contributed by atoms with Gasteiger partial charge in [-0.3, -0.25) is 14.8 Å². The highest BCUT2D eigenvalue weighted by Crippen LogP contribution is 2.36. The Morgan fingerprint density at radius 2 is 1.97 bits per heavy atom. The van der Waals surface area contributed by atoms with E-state index in [0.29, 0.717) is 30.2 Å².